The van der Waals surface area contributed by atoms with Gasteiger partial charge < -0.3 is 10.3 Å². The zero-order chi connectivity index (χ0) is 19.1. The lowest BCUT2D eigenvalue weighted by Gasteiger charge is -2.08. The first-order valence-corrected chi connectivity index (χ1v) is 8.62. The van der Waals surface area contributed by atoms with Crippen LogP contribution in [0.3, 0.4) is 0 Å². The second kappa shape index (κ2) is 9.03. The maximum Gasteiger partial charge on any atom is 0.485 e. The number of primary amides is 1. The van der Waals surface area contributed by atoms with Crippen LogP contribution in [0.1, 0.15) is 13.3 Å². The first kappa shape index (κ1) is 22.4. The molecule has 0 atom stereocenters. The van der Waals surface area contributed by atoms with Gasteiger partial charge in [-0.2, -0.15) is 13.2 Å². The molecule has 8 nitrogen and oxygen atoms in total. The fourth-order valence-electron chi connectivity index (χ4n) is 1.26. The summed E-state index contributed by atoms with van der Waals surface area (Å²) in [4.78, 5) is 21.6. The third-order valence-electron chi connectivity index (χ3n) is 2.30. The Balaban J connectivity index is 0.000000561. The number of amides is 1. The maximum absolute atomic E-state index is 10.9. The molecule has 0 saturated carbocycles. The van der Waals surface area contributed by atoms with Gasteiger partial charge in [0.15, 0.2) is 10.1 Å². The Hall–Kier alpha value is -1.60. The van der Waals surface area contributed by atoms with Gasteiger partial charge in [-0.25, -0.2) is 17.6 Å². The zero-order valence-corrected chi connectivity index (χ0v) is 14.4. The summed E-state index contributed by atoms with van der Waals surface area (Å²) < 4.78 is 62.8. The van der Waals surface area contributed by atoms with E-state index in [4.69, 9.17) is 18.7 Å². The van der Waals surface area contributed by atoms with Crippen molar-refractivity contribution in [1.29, 1.82) is 0 Å². The lowest BCUT2D eigenvalue weighted by Crippen LogP contribution is -2.29. The van der Waals surface area contributed by atoms with Crippen LogP contribution in [0.15, 0.2) is 17.6 Å². The van der Waals surface area contributed by atoms with E-state index < -0.39 is 15.6 Å². The summed E-state index contributed by atoms with van der Waals surface area (Å²) >= 11 is 1.46. The molecule has 0 saturated heterocycles. The molecule has 0 radical (unpaired) electrons. The fraction of sp³-hybridized carbons (Fsp3) is 0.545. The molecule has 0 aliphatic heterocycles. The van der Waals surface area contributed by atoms with E-state index >= 15 is 0 Å². The third-order valence-corrected chi connectivity index (χ3v) is 4.20. The molecule has 24 heavy (non-hydrogen) atoms. The number of hydrogen-bond acceptors (Lipinski definition) is 6. The number of imidazole rings is 1. The van der Waals surface area contributed by atoms with E-state index in [-0.39, 0.29) is 11.7 Å². The minimum Gasteiger partial charge on any atom is -0.741 e. The molecule has 0 aromatic carbocycles. The normalized spacial score (nSPS) is 11.6. The predicted octanol–water partition coefficient (Wildman–Crippen LogP) is -0.0795. The number of hydrogen-bond donors (Lipinski definition) is 1. The molecule has 0 bridgehead atoms. The number of carbonyl (C=O) groups is 2. The maximum atomic E-state index is 10.9. The number of halogens is 3. The van der Waals surface area contributed by atoms with E-state index in [2.05, 4.69) is 0 Å². The van der Waals surface area contributed by atoms with Crippen LogP contribution in [-0.2, 0) is 33.3 Å². The molecule has 1 aromatic heterocycles. The number of alkyl halides is 3. The average molecular weight is 391 g/mol. The zero-order valence-electron chi connectivity index (χ0n) is 12.7. The monoisotopic (exact) mass is 391 g/mol. The number of carbonyl (C=O) groups excluding carboxylic acids is 2. The summed E-state index contributed by atoms with van der Waals surface area (Å²) in [6.07, 6.45) is 4.08. The number of nitrogens with two attached hydrogens (primary N) is 1. The van der Waals surface area contributed by atoms with E-state index in [1.807, 2.05) is 28.6 Å². The number of rotatable bonds is 6. The van der Waals surface area contributed by atoms with Crippen LogP contribution >= 0.6 is 11.8 Å². The summed E-state index contributed by atoms with van der Waals surface area (Å²) in [6.45, 7) is 2.11. The number of nitrogens with zero attached hydrogens (tertiary/aromatic N) is 2. The lowest BCUT2D eigenvalue weighted by atomic mass is 10.4. The van der Waals surface area contributed by atoms with Gasteiger partial charge in [0.1, 0.15) is 18.2 Å². The van der Waals surface area contributed by atoms with Crippen molar-refractivity contribution in [3.05, 3.63) is 12.4 Å². The topological polar surface area (TPSA) is 126 Å². The average Bonchev–Trinajstić information content (AvgIpc) is 2.73. The van der Waals surface area contributed by atoms with Crippen LogP contribution < -0.4 is 10.3 Å². The highest BCUT2D eigenvalue weighted by molar-refractivity contribution is 7.99. The number of aromatic nitrogens is 2. The molecule has 1 aromatic rings. The molecule has 0 fully saturated rings. The van der Waals surface area contributed by atoms with E-state index in [9.17, 15) is 22.8 Å². The third kappa shape index (κ3) is 8.31. The molecule has 0 aliphatic carbocycles. The van der Waals surface area contributed by atoms with E-state index in [0.29, 0.717) is 18.7 Å². The molecule has 0 unspecified atom stereocenters. The molecular formula is C11H16F3N3O5S2. The van der Waals surface area contributed by atoms with Gasteiger partial charge in [0.05, 0.1) is 25.8 Å². The van der Waals surface area contributed by atoms with Crippen molar-refractivity contribution >= 4 is 33.6 Å². The molecule has 0 spiro atoms. The van der Waals surface area contributed by atoms with Crippen LogP contribution in [0, 0.1) is 0 Å². The van der Waals surface area contributed by atoms with Crippen molar-refractivity contribution < 1.29 is 40.3 Å². The predicted molar refractivity (Wildman–Crippen MR) is 76.6 cm³/mol. The Labute approximate surface area is 140 Å². The minimum absolute atomic E-state index is 0.132. The van der Waals surface area contributed by atoms with Gasteiger partial charge in [-0.3, -0.25) is 9.59 Å². The summed E-state index contributed by atoms with van der Waals surface area (Å²) in [5.74, 6) is 0.251. The minimum atomic E-state index is -6.09. The van der Waals surface area contributed by atoms with E-state index in [1.165, 1.54) is 11.8 Å². The van der Waals surface area contributed by atoms with Gasteiger partial charge in [0.2, 0.25) is 5.91 Å². The van der Waals surface area contributed by atoms with E-state index in [0.717, 1.165) is 5.16 Å². The van der Waals surface area contributed by atoms with Crippen molar-refractivity contribution in [2.75, 3.05) is 5.75 Å². The van der Waals surface area contributed by atoms with Crippen LogP contribution in [0.5, 0.6) is 0 Å². The highest BCUT2D eigenvalue weighted by atomic mass is 32.2. The number of ketones is 1. The van der Waals surface area contributed by atoms with Crippen molar-refractivity contribution in [3.63, 3.8) is 0 Å². The number of Topliss-reactive ketones (excluding diaryl/α,β-unsaturated/α-hetero) is 1. The molecule has 2 N–H and O–H groups in total. The van der Waals surface area contributed by atoms with Crippen LogP contribution in [0.4, 0.5) is 13.2 Å². The summed E-state index contributed by atoms with van der Waals surface area (Å²) in [5, 5.41) is 0.955. The van der Waals surface area contributed by atoms with Crippen LogP contribution in [0.25, 0.3) is 0 Å². The number of aryl methyl sites for hydroxylation is 2. The Kier molecular flexibility index (Phi) is 8.43. The van der Waals surface area contributed by atoms with Gasteiger partial charge in [-0.1, -0.05) is 0 Å². The standard InChI is InChI=1S/C10H15N3O2S.CHF3O3S/c1-8(14)7-16-10-12(2)5-6-13(10)4-3-9(11)15;2-1(3,4)8(5,6)7/h5-6H,3-4,7H2,1-2H3,(H-,11,15);(H,5,6,7). The Morgan fingerprint density at radius 1 is 1.42 bits per heavy atom. The van der Waals surface area contributed by atoms with Gasteiger partial charge in [-0.15, -0.1) is 0 Å². The summed E-state index contributed by atoms with van der Waals surface area (Å²) in [5.41, 5.74) is -0.546. The SMILES string of the molecule is CC(=O)CSc1n(CCC(N)=O)cc[n+]1C.O=S(=O)([O-])C(F)(F)F. The Morgan fingerprint density at radius 2 is 1.92 bits per heavy atom. The van der Waals surface area contributed by atoms with Gasteiger partial charge in [-0.05, 0) is 18.7 Å². The van der Waals surface area contributed by atoms with Crippen molar-refractivity contribution in [2.45, 2.75) is 30.6 Å². The molecule has 13 heteroatoms. The summed E-state index contributed by atoms with van der Waals surface area (Å²) in [6, 6.07) is 0. The Morgan fingerprint density at radius 3 is 2.29 bits per heavy atom. The number of thioether (sulfide) groups is 1. The molecule has 138 valence electrons. The van der Waals surface area contributed by atoms with Crippen LogP contribution in [-0.4, -0.2) is 40.5 Å². The second-order valence-electron chi connectivity index (χ2n) is 4.49. The highest BCUT2D eigenvalue weighted by Crippen LogP contribution is 2.20. The highest BCUT2D eigenvalue weighted by Gasteiger charge is 2.36. The van der Waals surface area contributed by atoms with Gasteiger partial charge >= 0.3 is 10.7 Å². The second-order valence-corrected chi connectivity index (χ2v) is 6.81. The first-order valence-electron chi connectivity index (χ1n) is 6.23. The quantitative estimate of drug-likeness (QED) is 0.313. The smallest absolute Gasteiger partial charge is 0.485 e. The van der Waals surface area contributed by atoms with Crippen LogP contribution in [0.2, 0.25) is 0 Å². The van der Waals surface area contributed by atoms with Crippen molar-refractivity contribution in [1.82, 2.24) is 4.57 Å². The molecule has 0 aliphatic rings. The largest absolute Gasteiger partial charge is 0.741 e. The van der Waals surface area contributed by atoms with E-state index in [1.54, 1.807) is 6.92 Å². The fourth-order valence-corrected chi connectivity index (χ4v) is 2.18. The lowest BCUT2D eigenvalue weighted by molar-refractivity contribution is -0.709. The molecule has 1 amide bonds. The Bertz CT molecular complexity index is 686. The van der Waals surface area contributed by atoms with Crippen molar-refractivity contribution in [3.8, 4) is 0 Å². The molecule has 1 rings (SSSR count). The first-order chi connectivity index (χ1) is 10.8. The molecular weight excluding hydrogens is 375 g/mol. The van der Waals surface area contributed by atoms with Gasteiger partial charge in [0, 0.05) is 0 Å². The molecule has 1 heterocycles. The van der Waals surface area contributed by atoms with Gasteiger partial charge in [0.25, 0.3) is 0 Å². The summed E-state index contributed by atoms with van der Waals surface area (Å²) in [7, 11) is -4.18. The van der Waals surface area contributed by atoms with Crippen molar-refractivity contribution in [2.24, 2.45) is 12.8 Å².